The second-order valence-corrected chi connectivity index (χ2v) is 23.7. The molecule has 4 aromatic heterocycles. The van der Waals surface area contributed by atoms with Gasteiger partial charge in [-0.05, 0) is 104 Å². The van der Waals surface area contributed by atoms with Crippen molar-refractivity contribution in [1.29, 1.82) is 0 Å². The van der Waals surface area contributed by atoms with E-state index in [0.717, 1.165) is 33.3 Å². The zero-order valence-electron chi connectivity index (χ0n) is 39.9. The number of rotatable bonds is 3. The lowest BCUT2D eigenvalue weighted by Gasteiger charge is -2.42. The Balaban J connectivity index is 1.18. The van der Waals surface area contributed by atoms with Crippen molar-refractivity contribution in [2.45, 2.75) is 52.4 Å². The lowest BCUT2D eigenvalue weighted by Crippen LogP contribution is -2.60. The molecule has 0 aliphatic carbocycles. The van der Waals surface area contributed by atoms with Gasteiger partial charge in [-0.15, -0.1) is 22.7 Å². The van der Waals surface area contributed by atoms with Gasteiger partial charge in [-0.3, -0.25) is 0 Å². The maximum atomic E-state index is 6.83. The summed E-state index contributed by atoms with van der Waals surface area (Å²) in [6.45, 7) is 13.8. The second-order valence-electron chi connectivity index (χ2n) is 21.6. The van der Waals surface area contributed by atoms with Crippen LogP contribution in [0.1, 0.15) is 52.7 Å². The van der Waals surface area contributed by atoms with Crippen LogP contribution in [0, 0.1) is 0 Å². The summed E-state index contributed by atoms with van der Waals surface area (Å²) in [6, 6.07) is 66.5. The van der Waals surface area contributed by atoms with Crippen molar-refractivity contribution in [1.82, 2.24) is 4.57 Å². The number of furan rings is 1. The third-order valence-corrected chi connectivity index (χ3v) is 17.9. The monoisotopic (exact) mass is 934 g/mol. The molecular formula is C64H47BN2OS2. The average Bonchev–Trinajstić information content (AvgIpc) is 4.14. The van der Waals surface area contributed by atoms with Gasteiger partial charge in [0.25, 0.3) is 0 Å². The van der Waals surface area contributed by atoms with Crippen LogP contribution in [0.25, 0.3) is 112 Å². The summed E-state index contributed by atoms with van der Waals surface area (Å²) in [7, 11) is 0. The van der Waals surface area contributed by atoms with E-state index in [4.69, 9.17) is 4.42 Å². The van der Waals surface area contributed by atoms with Crippen molar-refractivity contribution in [2.24, 2.45) is 0 Å². The molecule has 9 aromatic carbocycles. The predicted molar refractivity (Wildman–Crippen MR) is 304 cm³/mol. The Morgan fingerprint density at radius 1 is 0.486 bits per heavy atom. The number of aromatic nitrogens is 1. The molecule has 334 valence electrons. The van der Waals surface area contributed by atoms with Gasteiger partial charge in [0.2, 0.25) is 0 Å². The van der Waals surface area contributed by atoms with Gasteiger partial charge in [0.05, 0.1) is 11.0 Å². The van der Waals surface area contributed by atoms with E-state index >= 15 is 0 Å². The van der Waals surface area contributed by atoms with Crippen LogP contribution in [0.5, 0.6) is 0 Å². The molecule has 0 spiro atoms. The van der Waals surface area contributed by atoms with Crippen molar-refractivity contribution in [3.8, 4) is 38.4 Å². The largest absolute Gasteiger partial charge is 0.456 e. The maximum Gasteiger partial charge on any atom is 0.333 e. The van der Waals surface area contributed by atoms with Crippen LogP contribution in [0.2, 0.25) is 0 Å². The van der Waals surface area contributed by atoms with Crippen LogP contribution in [-0.2, 0) is 10.8 Å². The first-order chi connectivity index (χ1) is 34.0. The molecule has 0 saturated heterocycles. The Labute approximate surface area is 414 Å². The number of benzene rings is 9. The van der Waals surface area contributed by atoms with E-state index in [1.807, 2.05) is 22.7 Å². The van der Waals surface area contributed by atoms with Crippen LogP contribution in [0.15, 0.2) is 180 Å². The summed E-state index contributed by atoms with van der Waals surface area (Å²) in [5, 5.41) is 8.90. The van der Waals surface area contributed by atoms with Gasteiger partial charge < -0.3 is 13.8 Å². The molecule has 3 nitrogen and oxygen atoms in total. The van der Waals surface area contributed by atoms with E-state index in [9.17, 15) is 0 Å². The standard InChI is InChI=1S/C64H47BN2OS2/c1-63(2,3)38-25-28-40(29-26-38)67-49-35-52-43(41-21-13-15-23-51(41)68-52)32-45(49)56-57-42-22-14-16-24-53(42)69-62(57)58-44-31-39(64(4,5)6)27-30-48(44)66-50-33-46-54(34-47(50)65(67)59(56)60(58)66)70-61(37-19-11-8-12-20-37)55(46)36-17-9-7-10-18-36/h7-35H,1-6H3. The van der Waals surface area contributed by atoms with Crippen molar-refractivity contribution >= 4 is 126 Å². The van der Waals surface area contributed by atoms with Crippen molar-refractivity contribution < 1.29 is 4.42 Å². The van der Waals surface area contributed by atoms with E-state index < -0.39 is 0 Å². The molecule has 2 aliphatic rings. The minimum absolute atomic E-state index is 0.00509. The molecule has 0 saturated carbocycles. The number of thiophene rings is 2. The van der Waals surface area contributed by atoms with E-state index in [0.29, 0.717) is 0 Å². The Bertz CT molecular complexity index is 4370. The lowest BCUT2D eigenvalue weighted by atomic mass is 9.43. The Hall–Kier alpha value is -7.38. The van der Waals surface area contributed by atoms with Crippen molar-refractivity contribution in [2.75, 3.05) is 4.81 Å². The average molecular weight is 935 g/mol. The van der Waals surface area contributed by atoms with Gasteiger partial charge in [0, 0.05) is 90.9 Å². The number of para-hydroxylation sites is 1. The first kappa shape index (κ1) is 40.5. The molecule has 2 aliphatic heterocycles. The molecule has 6 heteroatoms. The molecular weight excluding hydrogens is 888 g/mol. The summed E-state index contributed by atoms with van der Waals surface area (Å²) in [4.78, 5) is 3.97. The molecule has 15 rings (SSSR count). The van der Waals surface area contributed by atoms with Gasteiger partial charge in [-0.2, -0.15) is 0 Å². The SMILES string of the molecule is CC(C)(C)c1ccc(N2B3c4cc5sc(-c6ccccc6)c(-c6ccccc6)c5cc4-n4c5ccc(C(C)(C)C)cc5c5c6sc7ccccc7c6c(c3c54)-c3cc4c(cc32)oc2ccccc24)cc1. The molecule has 0 radical (unpaired) electrons. The van der Waals surface area contributed by atoms with Crippen LogP contribution in [0.4, 0.5) is 11.4 Å². The zero-order chi connectivity index (χ0) is 46.9. The van der Waals surface area contributed by atoms with E-state index in [1.165, 1.54) is 112 Å². The summed E-state index contributed by atoms with van der Waals surface area (Å²) in [6.07, 6.45) is 0. The van der Waals surface area contributed by atoms with E-state index in [2.05, 4.69) is 227 Å². The van der Waals surface area contributed by atoms with Gasteiger partial charge in [0.1, 0.15) is 11.2 Å². The van der Waals surface area contributed by atoms with Crippen molar-refractivity contribution in [3.05, 3.63) is 187 Å². The van der Waals surface area contributed by atoms with Gasteiger partial charge in [-0.25, -0.2) is 0 Å². The van der Waals surface area contributed by atoms with Gasteiger partial charge >= 0.3 is 6.85 Å². The Morgan fingerprint density at radius 3 is 1.93 bits per heavy atom. The van der Waals surface area contributed by atoms with Crippen LogP contribution >= 0.6 is 22.7 Å². The van der Waals surface area contributed by atoms with E-state index in [-0.39, 0.29) is 17.7 Å². The highest BCUT2D eigenvalue weighted by Crippen LogP contribution is 2.55. The van der Waals surface area contributed by atoms with Crippen LogP contribution < -0.4 is 15.7 Å². The first-order valence-corrected chi connectivity index (χ1v) is 26.2. The fraction of sp³-hybridized carbons (Fsp3) is 0.125. The Kier molecular flexibility index (Phi) is 8.17. The van der Waals surface area contributed by atoms with Crippen LogP contribution in [-0.4, -0.2) is 11.4 Å². The first-order valence-electron chi connectivity index (χ1n) is 24.5. The minimum Gasteiger partial charge on any atom is -0.456 e. The highest BCUT2D eigenvalue weighted by molar-refractivity contribution is 7.27. The van der Waals surface area contributed by atoms with Gasteiger partial charge in [0.15, 0.2) is 0 Å². The number of anilines is 2. The Morgan fingerprint density at radius 2 is 1.17 bits per heavy atom. The molecule has 13 aromatic rings. The fourth-order valence-corrected chi connectivity index (χ4v) is 14.7. The summed E-state index contributed by atoms with van der Waals surface area (Å²) in [5.41, 5.74) is 19.6. The zero-order valence-corrected chi connectivity index (χ0v) is 41.6. The normalized spacial score (nSPS) is 13.5. The number of fused-ring (bicyclic) bond motifs is 17. The molecule has 0 unspecified atom stereocenters. The molecule has 0 N–H and O–H groups in total. The van der Waals surface area contributed by atoms with Gasteiger partial charge in [-0.1, -0.05) is 157 Å². The molecule has 0 fully saturated rings. The molecule has 70 heavy (non-hydrogen) atoms. The highest BCUT2D eigenvalue weighted by atomic mass is 32.1. The lowest BCUT2D eigenvalue weighted by molar-refractivity contribution is 0.590. The topological polar surface area (TPSA) is 21.3 Å². The summed E-state index contributed by atoms with van der Waals surface area (Å²) >= 11 is 3.87. The number of hydrogen-bond acceptors (Lipinski definition) is 4. The quantitative estimate of drug-likeness (QED) is 0.165. The van der Waals surface area contributed by atoms with E-state index in [1.54, 1.807) is 0 Å². The third-order valence-electron chi connectivity index (χ3n) is 15.5. The molecule has 6 heterocycles. The maximum absolute atomic E-state index is 6.83. The molecule has 0 amide bonds. The second kappa shape index (κ2) is 14.1. The minimum atomic E-state index is -0.170. The highest BCUT2D eigenvalue weighted by Gasteiger charge is 2.46. The molecule has 0 atom stereocenters. The third kappa shape index (κ3) is 5.52. The van der Waals surface area contributed by atoms with Crippen LogP contribution in [0.3, 0.4) is 0 Å². The smallest absolute Gasteiger partial charge is 0.333 e. The predicted octanol–water partition coefficient (Wildman–Crippen LogP) is 17.4. The fourth-order valence-electron chi connectivity index (χ4n) is 12.1. The summed E-state index contributed by atoms with van der Waals surface area (Å²) in [5.74, 6) is 0. The van der Waals surface area contributed by atoms with Crippen molar-refractivity contribution in [3.63, 3.8) is 0 Å². The number of hydrogen-bond donors (Lipinski definition) is 0. The molecule has 0 bridgehead atoms. The summed E-state index contributed by atoms with van der Waals surface area (Å²) < 4.78 is 13.5. The number of nitrogens with zero attached hydrogens (tertiary/aromatic N) is 2.